The van der Waals surface area contributed by atoms with Crippen LogP contribution in [-0.2, 0) is 6.54 Å². The third-order valence-corrected chi connectivity index (χ3v) is 4.97. The van der Waals surface area contributed by atoms with Crippen LogP contribution in [0, 0.1) is 24.0 Å². The molecule has 0 spiro atoms. The van der Waals surface area contributed by atoms with E-state index in [0.717, 1.165) is 43.2 Å². The van der Waals surface area contributed by atoms with Crippen molar-refractivity contribution in [2.45, 2.75) is 58.5 Å². The zero-order valence-electron chi connectivity index (χ0n) is 15.1. The minimum Gasteiger partial charge on any atom is -0.353 e. The van der Waals surface area contributed by atoms with E-state index in [4.69, 9.17) is 4.52 Å². The Balaban J connectivity index is 1.93. The average Bonchev–Trinajstić information content (AvgIpc) is 3.03. The molecule has 2 aromatic rings. The van der Waals surface area contributed by atoms with E-state index >= 15 is 0 Å². The molecule has 1 aliphatic rings. The Bertz CT molecular complexity index is 792. The molecule has 1 saturated carbocycles. The van der Waals surface area contributed by atoms with E-state index in [1.165, 1.54) is 6.92 Å². The number of rotatable bonds is 5. The first-order chi connectivity index (χ1) is 12.5. The minimum atomic E-state index is -0.593. The molecule has 0 N–H and O–H groups in total. The third-order valence-electron chi connectivity index (χ3n) is 4.97. The van der Waals surface area contributed by atoms with Gasteiger partial charge in [0.15, 0.2) is 0 Å². The Labute approximate surface area is 152 Å². The van der Waals surface area contributed by atoms with Crippen LogP contribution in [0.5, 0.6) is 0 Å². The molecule has 26 heavy (non-hydrogen) atoms. The van der Waals surface area contributed by atoms with Crippen LogP contribution in [0.3, 0.4) is 0 Å². The van der Waals surface area contributed by atoms with Crippen molar-refractivity contribution in [3.8, 4) is 0 Å². The number of amides is 1. The van der Waals surface area contributed by atoms with Crippen molar-refractivity contribution in [2.24, 2.45) is 0 Å². The summed E-state index contributed by atoms with van der Waals surface area (Å²) in [7, 11) is 0. The quantitative estimate of drug-likeness (QED) is 0.591. The van der Waals surface area contributed by atoms with E-state index in [1.807, 2.05) is 31.2 Å². The first kappa shape index (κ1) is 18.1. The number of hydrogen-bond acceptors (Lipinski definition) is 5. The van der Waals surface area contributed by atoms with Gasteiger partial charge in [0.2, 0.25) is 11.5 Å². The van der Waals surface area contributed by atoms with Gasteiger partial charge in [-0.05, 0) is 25.3 Å². The fourth-order valence-corrected chi connectivity index (χ4v) is 3.51. The van der Waals surface area contributed by atoms with Gasteiger partial charge >= 0.3 is 5.69 Å². The maximum absolute atomic E-state index is 13.2. The normalized spacial score (nSPS) is 15.0. The lowest BCUT2D eigenvalue weighted by Gasteiger charge is -2.34. The molecule has 1 aliphatic carbocycles. The van der Waals surface area contributed by atoms with Crippen molar-refractivity contribution >= 4 is 11.6 Å². The third kappa shape index (κ3) is 3.76. The van der Waals surface area contributed by atoms with Crippen LogP contribution in [0.1, 0.15) is 59.5 Å². The highest BCUT2D eigenvalue weighted by Gasteiger charge is 2.35. The smallest absolute Gasteiger partial charge is 0.344 e. The lowest BCUT2D eigenvalue weighted by molar-refractivity contribution is -0.386. The molecule has 0 aliphatic heterocycles. The fraction of sp³-hybridized carbons (Fsp3) is 0.474. The molecule has 138 valence electrons. The van der Waals surface area contributed by atoms with E-state index in [0.29, 0.717) is 6.54 Å². The van der Waals surface area contributed by atoms with Gasteiger partial charge in [-0.25, -0.2) is 0 Å². The van der Waals surface area contributed by atoms with E-state index in [9.17, 15) is 14.9 Å². The van der Waals surface area contributed by atoms with Crippen LogP contribution in [0.4, 0.5) is 5.69 Å². The van der Waals surface area contributed by atoms with Gasteiger partial charge in [0.05, 0.1) is 4.92 Å². The number of carbonyl (C=O) groups is 1. The predicted octanol–water partition coefficient (Wildman–Crippen LogP) is 4.17. The monoisotopic (exact) mass is 357 g/mol. The molecule has 1 amide bonds. The summed E-state index contributed by atoms with van der Waals surface area (Å²) >= 11 is 0. The molecule has 0 bridgehead atoms. The minimum absolute atomic E-state index is 0.0530. The highest BCUT2D eigenvalue weighted by Crippen LogP contribution is 2.29. The fourth-order valence-electron chi connectivity index (χ4n) is 3.51. The lowest BCUT2D eigenvalue weighted by Crippen LogP contribution is -2.41. The number of aromatic nitrogens is 1. The highest BCUT2D eigenvalue weighted by molar-refractivity contribution is 5.96. The Kier molecular flexibility index (Phi) is 5.35. The summed E-state index contributed by atoms with van der Waals surface area (Å²) in [4.78, 5) is 25.6. The van der Waals surface area contributed by atoms with Crippen LogP contribution in [0.25, 0.3) is 0 Å². The van der Waals surface area contributed by atoms with Crippen molar-refractivity contribution in [3.05, 3.63) is 57.0 Å². The van der Waals surface area contributed by atoms with Gasteiger partial charge in [0.1, 0.15) is 0 Å². The molecule has 7 heteroatoms. The standard InChI is InChI=1S/C19H23N3O4/c1-13-8-10-15(11-9-13)12-21(16-6-4-3-5-7-16)19(23)17-18(22(24)25)14(2)26-20-17/h8-11,16H,3-7,12H2,1-2H3. The topological polar surface area (TPSA) is 89.5 Å². The summed E-state index contributed by atoms with van der Waals surface area (Å²) < 4.78 is 4.94. The lowest BCUT2D eigenvalue weighted by atomic mass is 9.93. The zero-order chi connectivity index (χ0) is 18.7. The Morgan fingerprint density at radius 3 is 2.50 bits per heavy atom. The second-order valence-corrected chi connectivity index (χ2v) is 6.90. The van der Waals surface area contributed by atoms with Gasteiger partial charge in [-0.1, -0.05) is 54.2 Å². The molecule has 3 rings (SSSR count). The van der Waals surface area contributed by atoms with Gasteiger partial charge in [0.25, 0.3) is 5.91 Å². The van der Waals surface area contributed by atoms with E-state index < -0.39 is 10.8 Å². The number of aryl methyl sites for hydroxylation is 2. The second kappa shape index (κ2) is 7.68. The maximum Gasteiger partial charge on any atom is 0.344 e. The zero-order valence-corrected chi connectivity index (χ0v) is 15.1. The summed E-state index contributed by atoms with van der Waals surface area (Å²) in [5.41, 5.74) is 1.61. The summed E-state index contributed by atoms with van der Waals surface area (Å²) in [5, 5.41) is 15.0. The number of nitro groups is 1. The van der Waals surface area contributed by atoms with Crippen LogP contribution in [0.15, 0.2) is 28.8 Å². The van der Waals surface area contributed by atoms with Crippen LogP contribution in [0.2, 0.25) is 0 Å². The summed E-state index contributed by atoms with van der Waals surface area (Å²) in [5.74, 6) is -0.377. The molecule has 0 unspecified atom stereocenters. The number of nitrogens with zero attached hydrogens (tertiary/aromatic N) is 3. The van der Waals surface area contributed by atoms with Gasteiger partial charge < -0.3 is 9.42 Å². The average molecular weight is 357 g/mol. The van der Waals surface area contributed by atoms with E-state index in [2.05, 4.69) is 5.16 Å². The predicted molar refractivity (Wildman–Crippen MR) is 95.8 cm³/mol. The molecule has 1 aromatic heterocycles. The van der Waals surface area contributed by atoms with E-state index in [-0.39, 0.29) is 23.2 Å². The van der Waals surface area contributed by atoms with Gasteiger partial charge in [0, 0.05) is 19.5 Å². The van der Waals surface area contributed by atoms with Crippen LogP contribution in [-0.4, -0.2) is 26.9 Å². The van der Waals surface area contributed by atoms with Crippen LogP contribution >= 0.6 is 0 Å². The number of carbonyl (C=O) groups excluding carboxylic acids is 1. The molecular weight excluding hydrogens is 334 g/mol. The molecule has 0 radical (unpaired) electrons. The summed E-state index contributed by atoms with van der Waals surface area (Å²) in [6, 6.07) is 8.04. The maximum atomic E-state index is 13.2. The van der Waals surface area contributed by atoms with Gasteiger partial charge in [-0.2, -0.15) is 0 Å². The number of benzene rings is 1. The second-order valence-electron chi connectivity index (χ2n) is 6.90. The largest absolute Gasteiger partial charge is 0.353 e. The number of hydrogen-bond donors (Lipinski definition) is 0. The van der Waals surface area contributed by atoms with Gasteiger partial charge in [-0.15, -0.1) is 0 Å². The van der Waals surface area contributed by atoms with Crippen molar-refractivity contribution in [1.82, 2.24) is 10.1 Å². The summed E-state index contributed by atoms with van der Waals surface area (Å²) in [6.07, 6.45) is 5.08. The van der Waals surface area contributed by atoms with Crippen molar-refractivity contribution in [2.75, 3.05) is 0 Å². The molecule has 0 saturated heterocycles. The van der Waals surface area contributed by atoms with Crippen LogP contribution < -0.4 is 0 Å². The highest BCUT2D eigenvalue weighted by atomic mass is 16.6. The van der Waals surface area contributed by atoms with Crippen molar-refractivity contribution < 1.29 is 14.2 Å². The Hall–Kier alpha value is -2.70. The van der Waals surface area contributed by atoms with Gasteiger partial charge in [-0.3, -0.25) is 14.9 Å². The molecule has 7 nitrogen and oxygen atoms in total. The molecule has 1 aromatic carbocycles. The van der Waals surface area contributed by atoms with Crippen molar-refractivity contribution in [1.29, 1.82) is 0 Å². The first-order valence-electron chi connectivity index (χ1n) is 8.94. The summed E-state index contributed by atoms with van der Waals surface area (Å²) in [6.45, 7) is 3.87. The molecular formula is C19H23N3O4. The van der Waals surface area contributed by atoms with Crippen molar-refractivity contribution in [3.63, 3.8) is 0 Å². The van der Waals surface area contributed by atoms with E-state index in [1.54, 1.807) is 4.90 Å². The first-order valence-corrected chi connectivity index (χ1v) is 8.94. The molecule has 1 fully saturated rings. The molecule has 1 heterocycles. The Morgan fingerprint density at radius 2 is 1.88 bits per heavy atom. The molecule has 0 atom stereocenters. The SMILES string of the molecule is Cc1ccc(CN(C(=O)c2noc(C)c2[N+](=O)[O-])C2CCCCC2)cc1. The Morgan fingerprint density at radius 1 is 1.23 bits per heavy atom.